The van der Waals surface area contributed by atoms with Gasteiger partial charge in [-0.05, 0) is 32.6 Å². The molecule has 0 aromatic carbocycles. The Kier molecular flexibility index (Phi) is 3.27. The first-order valence-electron chi connectivity index (χ1n) is 4.66. The van der Waals surface area contributed by atoms with Crippen LogP contribution in [0.1, 0.15) is 32.6 Å². The number of carbonyl (C=O) groups excluding carboxylic acids is 1. The number of aliphatic hydroxyl groups is 2. The Hall–Kier alpha value is -0.610. The Balaban J connectivity index is 2.51. The van der Waals surface area contributed by atoms with E-state index in [2.05, 4.69) is 0 Å². The first-order chi connectivity index (χ1) is 6.08. The van der Waals surface area contributed by atoms with Crippen molar-refractivity contribution in [1.82, 2.24) is 0 Å². The summed E-state index contributed by atoms with van der Waals surface area (Å²) in [6.07, 6.45) is 1.15. The molecule has 0 amide bonds. The van der Waals surface area contributed by atoms with Crippen molar-refractivity contribution in [2.45, 2.75) is 44.3 Å². The molecule has 1 saturated carbocycles. The maximum atomic E-state index is 11.3. The minimum atomic E-state index is -1.35. The first-order valence-corrected chi connectivity index (χ1v) is 4.66. The van der Waals surface area contributed by atoms with Gasteiger partial charge in [0.05, 0.1) is 12.7 Å². The Labute approximate surface area is 77.5 Å². The number of hydrogen-bond donors (Lipinski definition) is 2. The largest absolute Gasteiger partial charge is 0.464 e. The summed E-state index contributed by atoms with van der Waals surface area (Å²) in [5.74, 6) is -0.554. The third-order valence-electron chi connectivity index (χ3n) is 2.44. The Bertz CT molecular complexity index is 182. The lowest BCUT2D eigenvalue weighted by molar-refractivity contribution is -0.170. The van der Waals surface area contributed by atoms with E-state index in [4.69, 9.17) is 4.74 Å². The van der Waals surface area contributed by atoms with E-state index in [1.165, 1.54) is 0 Å². The van der Waals surface area contributed by atoms with Gasteiger partial charge in [-0.25, -0.2) is 4.79 Å². The standard InChI is InChI=1S/C9H16O4/c1-2-13-8(11)9(12)5-3-7(10)4-6-9/h7,10,12H,2-6H2,1H3/t7-,9+. The van der Waals surface area contributed by atoms with Gasteiger partial charge in [-0.3, -0.25) is 0 Å². The van der Waals surface area contributed by atoms with Crippen LogP contribution in [-0.2, 0) is 9.53 Å². The lowest BCUT2D eigenvalue weighted by Crippen LogP contribution is -2.44. The molecule has 0 aliphatic heterocycles. The van der Waals surface area contributed by atoms with Crippen LogP contribution < -0.4 is 0 Å². The molecule has 1 aliphatic carbocycles. The van der Waals surface area contributed by atoms with Gasteiger partial charge in [0.25, 0.3) is 0 Å². The smallest absolute Gasteiger partial charge is 0.338 e. The van der Waals surface area contributed by atoms with E-state index in [0.29, 0.717) is 25.7 Å². The third-order valence-corrected chi connectivity index (χ3v) is 2.44. The highest BCUT2D eigenvalue weighted by atomic mass is 16.5. The highest BCUT2D eigenvalue weighted by Gasteiger charge is 2.40. The molecular formula is C9H16O4. The summed E-state index contributed by atoms with van der Waals surface area (Å²) in [4.78, 5) is 11.3. The van der Waals surface area contributed by atoms with Gasteiger partial charge >= 0.3 is 5.97 Å². The van der Waals surface area contributed by atoms with Gasteiger partial charge in [-0.1, -0.05) is 0 Å². The fourth-order valence-corrected chi connectivity index (χ4v) is 1.55. The fourth-order valence-electron chi connectivity index (χ4n) is 1.55. The minimum absolute atomic E-state index is 0.281. The van der Waals surface area contributed by atoms with E-state index in [1.54, 1.807) is 6.92 Å². The van der Waals surface area contributed by atoms with E-state index < -0.39 is 11.6 Å². The van der Waals surface area contributed by atoms with Crippen LogP contribution in [-0.4, -0.2) is 34.5 Å². The number of aliphatic hydroxyl groups excluding tert-OH is 1. The monoisotopic (exact) mass is 188 g/mol. The second-order valence-electron chi connectivity index (χ2n) is 3.48. The van der Waals surface area contributed by atoms with Gasteiger partial charge in [0, 0.05) is 0 Å². The zero-order valence-electron chi connectivity index (χ0n) is 7.82. The van der Waals surface area contributed by atoms with Gasteiger partial charge in [0.15, 0.2) is 5.60 Å². The van der Waals surface area contributed by atoms with Gasteiger partial charge in [-0.2, -0.15) is 0 Å². The Morgan fingerprint density at radius 2 is 2.08 bits per heavy atom. The van der Waals surface area contributed by atoms with Crippen LogP contribution in [0, 0.1) is 0 Å². The summed E-state index contributed by atoms with van der Waals surface area (Å²) >= 11 is 0. The van der Waals surface area contributed by atoms with Crippen LogP contribution in [0.25, 0.3) is 0 Å². The Morgan fingerprint density at radius 3 is 2.54 bits per heavy atom. The number of hydrogen-bond acceptors (Lipinski definition) is 4. The van der Waals surface area contributed by atoms with E-state index in [0.717, 1.165) is 0 Å². The van der Waals surface area contributed by atoms with Crippen molar-refractivity contribution in [3.8, 4) is 0 Å². The Morgan fingerprint density at radius 1 is 1.54 bits per heavy atom. The van der Waals surface area contributed by atoms with E-state index in [-0.39, 0.29) is 12.7 Å². The average molecular weight is 188 g/mol. The number of carbonyl (C=O) groups is 1. The normalized spacial score (nSPS) is 34.2. The third kappa shape index (κ3) is 2.42. The second kappa shape index (κ2) is 4.07. The molecule has 4 heteroatoms. The molecule has 0 saturated heterocycles. The molecule has 1 rings (SSSR count). The number of rotatable bonds is 2. The van der Waals surface area contributed by atoms with Crippen molar-refractivity contribution in [2.75, 3.05) is 6.61 Å². The van der Waals surface area contributed by atoms with E-state index in [9.17, 15) is 15.0 Å². The molecule has 0 heterocycles. The predicted octanol–water partition coefficient (Wildman–Crippen LogP) is 0.215. The molecule has 0 radical (unpaired) electrons. The van der Waals surface area contributed by atoms with Crippen LogP contribution in [0.4, 0.5) is 0 Å². The highest BCUT2D eigenvalue weighted by Crippen LogP contribution is 2.29. The first kappa shape index (κ1) is 10.5. The van der Waals surface area contributed by atoms with Crippen LogP contribution in [0.15, 0.2) is 0 Å². The van der Waals surface area contributed by atoms with Crippen LogP contribution >= 0.6 is 0 Å². The molecule has 0 atom stereocenters. The van der Waals surface area contributed by atoms with Crippen LogP contribution in [0.5, 0.6) is 0 Å². The molecule has 0 bridgehead atoms. The topological polar surface area (TPSA) is 66.8 Å². The van der Waals surface area contributed by atoms with Crippen molar-refractivity contribution < 1.29 is 19.7 Å². The molecular weight excluding hydrogens is 172 g/mol. The fraction of sp³-hybridized carbons (Fsp3) is 0.889. The summed E-state index contributed by atoms with van der Waals surface area (Å²) in [5, 5.41) is 19.0. The van der Waals surface area contributed by atoms with Crippen molar-refractivity contribution in [1.29, 1.82) is 0 Å². The van der Waals surface area contributed by atoms with Gasteiger partial charge in [0.1, 0.15) is 0 Å². The summed E-state index contributed by atoms with van der Waals surface area (Å²) in [6.45, 7) is 1.99. The molecule has 4 nitrogen and oxygen atoms in total. The molecule has 1 aliphatic rings. The number of ether oxygens (including phenoxy) is 1. The summed E-state index contributed by atoms with van der Waals surface area (Å²) < 4.78 is 4.75. The second-order valence-corrected chi connectivity index (χ2v) is 3.48. The summed E-state index contributed by atoms with van der Waals surface area (Å²) in [6, 6.07) is 0. The molecule has 0 unspecified atom stereocenters. The predicted molar refractivity (Wildman–Crippen MR) is 46.1 cm³/mol. The van der Waals surface area contributed by atoms with Gasteiger partial charge in [-0.15, -0.1) is 0 Å². The molecule has 76 valence electrons. The zero-order chi connectivity index (χ0) is 9.90. The maximum Gasteiger partial charge on any atom is 0.338 e. The lowest BCUT2D eigenvalue weighted by atomic mass is 9.83. The average Bonchev–Trinajstić information content (AvgIpc) is 2.11. The zero-order valence-corrected chi connectivity index (χ0v) is 7.82. The van der Waals surface area contributed by atoms with E-state index in [1.807, 2.05) is 0 Å². The SMILES string of the molecule is CCOC(=O)[C@]1(O)CC[C@@H](O)CC1. The van der Waals surface area contributed by atoms with Crippen LogP contribution in [0.3, 0.4) is 0 Å². The van der Waals surface area contributed by atoms with Crippen molar-refractivity contribution in [2.24, 2.45) is 0 Å². The quantitative estimate of drug-likeness (QED) is 0.608. The van der Waals surface area contributed by atoms with Crippen LogP contribution in [0.2, 0.25) is 0 Å². The molecule has 0 aromatic rings. The highest BCUT2D eigenvalue weighted by molar-refractivity contribution is 5.79. The van der Waals surface area contributed by atoms with E-state index >= 15 is 0 Å². The summed E-state index contributed by atoms with van der Waals surface area (Å²) in [5.41, 5.74) is -1.35. The molecule has 13 heavy (non-hydrogen) atoms. The summed E-state index contributed by atoms with van der Waals surface area (Å²) in [7, 11) is 0. The molecule has 0 aromatic heterocycles. The molecule has 0 spiro atoms. The van der Waals surface area contributed by atoms with Gasteiger partial charge in [0.2, 0.25) is 0 Å². The van der Waals surface area contributed by atoms with Crippen molar-refractivity contribution in [3.05, 3.63) is 0 Å². The molecule has 1 fully saturated rings. The number of esters is 1. The molecule has 2 N–H and O–H groups in total. The van der Waals surface area contributed by atoms with Crippen molar-refractivity contribution in [3.63, 3.8) is 0 Å². The van der Waals surface area contributed by atoms with Gasteiger partial charge < -0.3 is 14.9 Å². The maximum absolute atomic E-state index is 11.3. The minimum Gasteiger partial charge on any atom is -0.464 e. The van der Waals surface area contributed by atoms with Crippen molar-refractivity contribution >= 4 is 5.97 Å². The lowest BCUT2D eigenvalue weighted by Gasteiger charge is -2.31.